The lowest BCUT2D eigenvalue weighted by Gasteiger charge is -2.18. The average molecular weight is 309 g/mol. The maximum absolute atomic E-state index is 12.0. The Kier molecular flexibility index (Phi) is 4.88. The molecule has 5 heteroatoms. The number of carbonyl (C=O) groups excluding carboxylic acids is 1. The van der Waals surface area contributed by atoms with E-state index in [1.807, 2.05) is 42.3 Å². The minimum Gasteiger partial charge on any atom is -0.365 e. The van der Waals surface area contributed by atoms with Crippen molar-refractivity contribution in [2.24, 2.45) is 0 Å². The van der Waals surface area contributed by atoms with Crippen molar-refractivity contribution in [3.63, 3.8) is 0 Å². The van der Waals surface area contributed by atoms with E-state index in [0.29, 0.717) is 15.7 Å². The molecule has 2 aromatic carbocycles. The number of hydrogen-bond donors (Lipinski definition) is 1. The van der Waals surface area contributed by atoms with Crippen LogP contribution in [0, 0.1) is 0 Å². The Labute approximate surface area is 128 Å². The lowest BCUT2D eigenvalue weighted by Crippen LogP contribution is -2.30. The molecule has 0 radical (unpaired) electrons. The van der Waals surface area contributed by atoms with Crippen LogP contribution in [0.1, 0.15) is 0 Å². The second-order valence-electron chi connectivity index (χ2n) is 4.36. The van der Waals surface area contributed by atoms with Crippen LogP contribution in [0.15, 0.2) is 48.5 Å². The Morgan fingerprint density at radius 2 is 1.85 bits per heavy atom. The normalized spacial score (nSPS) is 10.2. The Morgan fingerprint density at radius 3 is 2.50 bits per heavy atom. The number of para-hydroxylation sites is 1. The van der Waals surface area contributed by atoms with Crippen molar-refractivity contribution in [1.29, 1.82) is 0 Å². The number of nitrogens with zero attached hydrogens (tertiary/aromatic N) is 1. The van der Waals surface area contributed by atoms with E-state index in [0.717, 1.165) is 5.69 Å². The summed E-state index contributed by atoms with van der Waals surface area (Å²) in [5.74, 6) is -0.138. The van der Waals surface area contributed by atoms with E-state index in [1.165, 1.54) is 0 Å². The molecule has 0 aliphatic carbocycles. The third-order valence-electron chi connectivity index (χ3n) is 2.78. The number of halogens is 2. The molecule has 0 atom stereocenters. The van der Waals surface area contributed by atoms with Gasteiger partial charge >= 0.3 is 0 Å². The van der Waals surface area contributed by atoms with Crippen LogP contribution >= 0.6 is 23.2 Å². The molecule has 1 N–H and O–H groups in total. The molecule has 3 nitrogen and oxygen atoms in total. The second kappa shape index (κ2) is 6.64. The highest BCUT2D eigenvalue weighted by molar-refractivity contribution is 6.36. The van der Waals surface area contributed by atoms with Gasteiger partial charge in [0, 0.05) is 17.8 Å². The molecule has 0 saturated heterocycles. The maximum Gasteiger partial charge on any atom is 0.243 e. The maximum atomic E-state index is 12.0. The van der Waals surface area contributed by atoms with E-state index in [9.17, 15) is 4.79 Å². The number of amides is 1. The summed E-state index contributed by atoms with van der Waals surface area (Å²) >= 11 is 11.8. The van der Waals surface area contributed by atoms with Crippen molar-refractivity contribution in [2.75, 3.05) is 23.8 Å². The van der Waals surface area contributed by atoms with E-state index in [2.05, 4.69) is 5.32 Å². The summed E-state index contributed by atoms with van der Waals surface area (Å²) in [7, 11) is 1.86. The summed E-state index contributed by atoms with van der Waals surface area (Å²) in [5.41, 5.74) is 1.53. The second-order valence-corrected chi connectivity index (χ2v) is 5.21. The van der Waals surface area contributed by atoms with Crippen molar-refractivity contribution in [2.45, 2.75) is 0 Å². The molecule has 0 aliphatic heterocycles. The Hall–Kier alpha value is -1.71. The van der Waals surface area contributed by atoms with Gasteiger partial charge in [-0.3, -0.25) is 4.79 Å². The fourth-order valence-corrected chi connectivity index (χ4v) is 2.23. The number of anilines is 2. The number of carbonyl (C=O) groups is 1. The first-order valence-electron chi connectivity index (χ1n) is 6.07. The van der Waals surface area contributed by atoms with E-state index >= 15 is 0 Å². The number of benzene rings is 2. The summed E-state index contributed by atoms with van der Waals surface area (Å²) in [6.07, 6.45) is 0. The van der Waals surface area contributed by atoms with Gasteiger partial charge in [0.05, 0.1) is 17.3 Å². The van der Waals surface area contributed by atoms with Crippen molar-refractivity contribution < 1.29 is 4.79 Å². The topological polar surface area (TPSA) is 32.3 Å². The van der Waals surface area contributed by atoms with Gasteiger partial charge in [-0.2, -0.15) is 0 Å². The van der Waals surface area contributed by atoms with Crippen molar-refractivity contribution in [1.82, 2.24) is 0 Å². The van der Waals surface area contributed by atoms with Gasteiger partial charge in [-0.15, -0.1) is 0 Å². The van der Waals surface area contributed by atoms with E-state index in [-0.39, 0.29) is 12.5 Å². The summed E-state index contributed by atoms with van der Waals surface area (Å²) < 4.78 is 0. The zero-order valence-corrected chi connectivity index (χ0v) is 12.4. The van der Waals surface area contributed by atoms with Crippen LogP contribution in [-0.4, -0.2) is 19.5 Å². The van der Waals surface area contributed by atoms with Gasteiger partial charge in [0.15, 0.2) is 0 Å². The largest absolute Gasteiger partial charge is 0.365 e. The molecule has 1 amide bonds. The van der Waals surface area contributed by atoms with Gasteiger partial charge in [0.1, 0.15) is 0 Å². The molecule has 20 heavy (non-hydrogen) atoms. The molecule has 0 aromatic heterocycles. The van der Waals surface area contributed by atoms with Crippen LogP contribution in [0.4, 0.5) is 11.4 Å². The first kappa shape index (κ1) is 14.7. The predicted molar refractivity (Wildman–Crippen MR) is 84.8 cm³/mol. The molecular weight excluding hydrogens is 295 g/mol. The minimum absolute atomic E-state index is 0.138. The molecule has 0 unspecified atom stereocenters. The number of hydrogen-bond acceptors (Lipinski definition) is 2. The first-order valence-corrected chi connectivity index (χ1v) is 6.83. The Morgan fingerprint density at radius 1 is 1.15 bits per heavy atom. The van der Waals surface area contributed by atoms with E-state index in [4.69, 9.17) is 23.2 Å². The zero-order chi connectivity index (χ0) is 14.5. The van der Waals surface area contributed by atoms with Crippen molar-refractivity contribution in [3.8, 4) is 0 Å². The van der Waals surface area contributed by atoms with Gasteiger partial charge in [0.2, 0.25) is 5.91 Å². The highest BCUT2D eigenvalue weighted by atomic mass is 35.5. The average Bonchev–Trinajstić information content (AvgIpc) is 2.43. The van der Waals surface area contributed by atoms with Gasteiger partial charge in [-0.1, -0.05) is 41.4 Å². The van der Waals surface area contributed by atoms with Gasteiger partial charge in [-0.25, -0.2) is 0 Å². The van der Waals surface area contributed by atoms with E-state index in [1.54, 1.807) is 18.2 Å². The number of likely N-dealkylation sites (N-methyl/N-ethyl adjacent to an activating group) is 1. The summed E-state index contributed by atoms with van der Waals surface area (Å²) in [5, 5.41) is 3.73. The van der Waals surface area contributed by atoms with Crippen molar-refractivity contribution >= 4 is 40.5 Å². The molecule has 104 valence electrons. The summed E-state index contributed by atoms with van der Waals surface area (Å²) in [6.45, 7) is 0.239. The molecule has 2 rings (SSSR count). The smallest absolute Gasteiger partial charge is 0.243 e. The Balaban J connectivity index is 1.99. The van der Waals surface area contributed by atoms with Crippen LogP contribution in [0.3, 0.4) is 0 Å². The van der Waals surface area contributed by atoms with Gasteiger partial charge in [-0.05, 0) is 30.3 Å². The highest BCUT2D eigenvalue weighted by Gasteiger charge is 2.09. The molecule has 0 fully saturated rings. The number of nitrogens with one attached hydrogen (secondary N) is 1. The fraction of sp³-hybridized carbons (Fsp3) is 0.133. The predicted octanol–water partition coefficient (Wildman–Crippen LogP) is 4.07. The zero-order valence-electron chi connectivity index (χ0n) is 10.9. The van der Waals surface area contributed by atoms with Crippen LogP contribution < -0.4 is 10.2 Å². The minimum atomic E-state index is -0.138. The van der Waals surface area contributed by atoms with E-state index < -0.39 is 0 Å². The lowest BCUT2D eigenvalue weighted by molar-refractivity contribution is -0.114. The Bertz CT molecular complexity index is 602. The fourth-order valence-electron chi connectivity index (χ4n) is 1.77. The van der Waals surface area contributed by atoms with Gasteiger partial charge in [0.25, 0.3) is 0 Å². The summed E-state index contributed by atoms with van der Waals surface area (Å²) in [4.78, 5) is 13.8. The molecule has 0 aliphatic rings. The molecule has 0 heterocycles. The van der Waals surface area contributed by atoms with Crippen molar-refractivity contribution in [3.05, 3.63) is 58.6 Å². The first-order chi connectivity index (χ1) is 9.56. The third-order valence-corrected chi connectivity index (χ3v) is 3.33. The molecule has 0 spiro atoms. The highest BCUT2D eigenvalue weighted by Crippen LogP contribution is 2.25. The third kappa shape index (κ3) is 3.89. The number of rotatable bonds is 4. The standard InChI is InChI=1S/C15H14Cl2N2O/c1-19(12-5-3-2-4-6-12)10-15(20)18-14-8-7-11(16)9-13(14)17/h2-9H,10H2,1H3,(H,18,20). The van der Waals surface area contributed by atoms with Crippen LogP contribution in [0.5, 0.6) is 0 Å². The lowest BCUT2D eigenvalue weighted by atomic mass is 10.3. The van der Waals surface area contributed by atoms with Crippen LogP contribution in [-0.2, 0) is 4.79 Å². The molecule has 0 bridgehead atoms. The molecule has 2 aromatic rings. The van der Waals surface area contributed by atoms with Crippen LogP contribution in [0.25, 0.3) is 0 Å². The molecular formula is C15H14Cl2N2O. The monoisotopic (exact) mass is 308 g/mol. The SMILES string of the molecule is CN(CC(=O)Nc1ccc(Cl)cc1Cl)c1ccccc1. The van der Waals surface area contributed by atoms with Crippen LogP contribution in [0.2, 0.25) is 10.0 Å². The molecule has 0 saturated carbocycles. The quantitative estimate of drug-likeness (QED) is 0.923. The summed E-state index contributed by atoms with van der Waals surface area (Å²) in [6, 6.07) is 14.7. The van der Waals surface area contributed by atoms with Gasteiger partial charge < -0.3 is 10.2 Å².